The lowest BCUT2D eigenvalue weighted by atomic mass is 10.2. The number of terminal acetylenes is 1. The average molecular weight is 356 g/mol. The maximum atomic E-state index is 12.8. The van der Waals surface area contributed by atoms with Crippen molar-refractivity contribution in [2.75, 3.05) is 12.5 Å². The van der Waals surface area contributed by atoms with E-state index in [4.69, 9.17) is 15.9 Å². The van der Waals surface area contributed by atoms with Gasteiger partial charge in [-0.15, -0.1) is 17.8 Å². The molecule has 7 heteroatoms. The van der Waals surface area contributed by atoms with Gasteiger partial charge in [-0.3, -0.25) is 9.36 Å². The Hall–Kier alpha value is -2.43. The molecule has 0 N–H and O–H groups in total. The van der Waals surface area contributed by atoms with E-state index < -0.39 is 0 Å². The highest BCUT2D eigenvalue weighted by molar-refractivity contribution is 7.99. The zero-order valence-electron chi connectivity index (χ0n) is 12.5. The first kappa shape index (κ1) is 15.1. The minimum Gasteiger partial charge on any atom is -0.454 e. The second-order valence-electron chi connectivity index (χ2n) is 5.10. The summed E-state index contributed by atoms with van der Waals surface area (Å²) in [5.41, 5.74) is 1.61. The SMILES string of the molecule is C#CCSc1nc2ccsc2c(=O)n1Cc1ccc2c(c1)OCO2. The van der Waals surface area contributed by atoms with Crippen molar-refractivity contribution in [2.24, 2.45) is 0 Å². The summed E-state index contributed by atoms with van der Waals surface area (Å²) < 4.78 is 13.0. The topological polar surface area (TPSA) is 53.4 Å². The van der Waals surface area contributed by atoms with Crippen molar-refractivity contribution < 1.29 is 9.47 Å². The summed E-state index contributed by atoms with van der Waals surface area (Å²) in [4.78, 5) is 17.4. The van der Waals surface area contributed by atoms with E-state index in [-0.39, 0.29) is 12.4 Å². The van der Waals surface area contributed by atoms with Crippen LogP contribution in [0.4, 0.5) is 0 Å². The maximum absolute atomic E-state index is 12.8. The summed E-state index contributed by atoms with van der Waals surface area (Å²) in [6, 6.07) is 7.53. The molecule has 0 radical (unpaired) electrons. The van der Waals surface area contributed by atoms with E-state index in [1.54, 1.807) is 4.57 Å². The molecule has 0 bridgehead atoms. The van der Waals surface area contributed by atoms with E-state index in [0.29, 0.717) is 33.4 Å². The first-order valence-corrected chi connectivity index (χ1v) is 9.05. The van der Waals surface area contributed by atoms with Crippen LogP contribution in [-0.2, 0) is 6.54 Å². The zero-order chi connectivity index (χ0) is 16.5. The molecule has 0 spiro atoms. The monoisotopic (exact) mass is 356 g/mol. The van der Waals surface area contributed by atoms with Crippen LogP contribution < -0.4 is 15.0 Å². The van der Waals surface area contributed by atoms with Crippen molar-refractivity contribution in [3.63, 3.8) is 0 Å². The first-order chi connectivity index (χ1) is 11.8. The van der Waals surface area contributed by atoms with E-state index in [9.17, 15) is 4.79 Å². The van der Waals surface area contributed by atoms with Gasteiger partial charge in [-0.25, -0.2) is 4.98 Å². The van der Waals surface area contributed by atoms with Crippen LogP contribution in [0.15, 0.2) is 39.6 Å². The van der Waals surface area contributed by atoms with Crippen molar-refractivity contribution in [1.82, 2.24) is 9.55 Å². The van der Waals surface area contributed by atoms with Crippen LogP contribution in [0.3, 0.4) is 0 Å². The minimum absolute atomic E-state index is 0.0489. The Labute approximate surface area is 146 Å². The molecule has 24 heavy (non-hydrogen) atoms. The molecule has 4 rings (SSSR count). The van der Waals surface area contributed by atoms with E-state index in [2.05, 4.69) is 10.9 Å². The summed E-state index contributed by atoms with van der Waals surface area (Å²) in [6.07, 6.45) is 5.36. The average Bonchev–Trinajstić information content (AvgIpc) is 3.24. The summed E-state index contributed by atoms with van der Waals surface area (Å²) >= 11 is 2.79. The van der Waals surface area contributed by atoms with E-state index in [1.165, 1.54) is 23.1 Å². The quantitative estimate of drug-likeness (QED) is 0.409. The molecule has 0 amide bonds. The third-order valence-electron chi connectivity index (χ3n) is 3.59. The van der Waals surface area contributed by atoms with E-state index in [0.717, 1.165) is 11.3 Å². The molecule has 3 aromatic rings. The molecule has 0 saturated carbocycles. The van der Waals surface area contributed by atoms with Crippen LogP contribution in [0.2, 0.25) is 0 Å². The predicted octanol–water partition coefficient (Wildman–Crippen LogP) is 2.96. The maximum Gasteiger partial charge on any atom is 0.272 e. The summed E-state index contributed by atoms with van der Waals surface area (Å²) in [7, 11) is 0. The molecule has 0 unspecified atom stereocenters. The molecule has 2 aromatic heterocycles. The highest BCUT2D eigenvalue weighted by atomic mass is 32.2. The van der Waals surface area contributed by atoms with Gasteiger partial charge in [0.15, 0.2) is 16.7 Å². The molecule has 0 atom stereocenters. The van der Waals surface area contributed by atoms with Crippen LogP contribution in [-0.4, -0.2) is 22.1 Å². The van der Waals surface area contributed by atoms with Gasteiger partial charge in [-0.2, -0.15) is 0 Å². The van der Waals surface area contributed by atoms with Crippen molar-refractivity contribution in [2.45, 2.75) is 11.7 Å². The number of hydrogen-bond acceptors (Lipinski definition) is 6. The third-order valence-corrected chi connectivity index (χ3v) is 5.37. The fourth-order valence-electron chi connectivity index (χ4n) is 2.50. The normalized spacial score (nSPS) is 12.5. The zero-order valence-corrected chi connectivity index (χ0v) is 14.2. The van der Waals surface area contributed by atoms with Crippen molar-refractivity contribution >= 4 is 33.3 Å². The Bertz CT molecular complexity index is 1020. The van der Waals surface area contributed by atoms with Gasteiger partial charge in [-0.1, -0.05) is 23.7 Å². The smallest absolute Gasteiger partial charge is 0.272 e. The van der Waals surface area contributed by atoms with Crippen molar-refractivity contribution in [3.8, 4) is 23.8 Å². The van der Waals surface area contributed by atoms with Crippen LogP contribution in [0.5, 0.6) is 11.5 Å². The van der Waals surface area contributed by atoms with E-state index in [1.807, 2.05) is 29.6 Å². The molecule has 5 nitrogen and oxygen atoms in total. The molecule has 0 saturated heterocycles. The van der Waals surface area contributed by atoms with Gasteiger partial charge in [0.1, 0.15) is 4.70 Å². The fraction of sp³-hybridized carbons (Fsp3) is 0.176. The Morgan fingerprint density at radius 2 is 2.21 bits per heavy atom. The second kappa shape index (κ2) is 6.23. The number of fused-ring (bicyclic) bond motifs is 2. The second-order valence-corrected chi connectivity index (χ2v) is 6.96. The summed E-state index contributed by atoms with van der Waals surface area (Å²) in [5.74, 6) is 4.46. The molecule has 0 fully saturated rings. The molecule has 1 aromatic carbocycles. The lowest BCUT2D eigenvalue weighted by molar-refractivity contribution is 0.174. The highest BCUT2D eigenvalue weighted by Gasteiger charge is 2.16. The van der Waals surface area contributed by atoms with Gasteiger partial charge < -0.3 is 9.47 Å². The molecular formula is C17H12N2O3S2. The Morgan fingerprint density at radius 1 is 1.33 bits per heavy atom. The van der Waals surface area contributed by atoms with Gasteiger partial charge in [0.2, 0.25) is 6.79 Å². The van der Waals surface area contributed by atoms with Crippen molar-refractivity contribution in [1.29, 1.82) is 0 Å². The molecule has 1 aliphatic rings. The number of nitrogens with zero attached hydrogens (tertiary/aromatic N) is 2. The predicted molar refractivity (Wildman–Crippen MR) is 95.1 cm³/mol. The first-order valence-electron chi connectivity index (χ1n) is 7.19. The van der Waals surface area contributed by atoms with Gasteiger partial charge >= 0.3 is 0 Å². The van der Waals surface area contributed by atoms with Gasteiger partial charge in [0, 0.05) is 0 Å². The standard InChI is InChI=1S/C17H12N2O3S2/c1-2-6-24-17-18-12-5-7-23-15(12)16(20)19(17)9-11-3-4-13-14(8-11)22-10-21-13/h1,3-5,7-8H,6,9-10H2. The van der Waals surface area contributed by atoms with Gasteiger partial charge in [-0.05, 0) is 29.1 Å². The van der Waals surface area contributed by atoms with Crippen LogP contribution in [0.25, 0.3) is 10.2 Å². The minimum atomic E-state index is -0.0489. The van der Waals surface area contributed by atoms with Gasteiger partial charge in [0.05, 0.1) is 17.8 Å². The number of ether oxygens (including phenoxy) is 2. The van der Waals surface area contributed by atoms with Crippen LogP contribution >= 0.6 is 23.1 Å². The number of thioether (sulfide) groups is 1. The summed E-state index contributed by atoms with van der Waals surface area (Å²) in [5, 5.41) is 2.50. The largest absolute Gasteiger partial charge is 0.454 e. The van der Waals surface area contributed by atoms with Crippen LogP contribution in [0.1, 0.15) is 5.56 Å². The number of aromatic nitrogens is 2. The highest BCUT2D eigenvalue weighted by Crippen LogP contribution is 2.33. The fourth-order valence-corrected chi connectivity index (χ4v) is 3.96. The molecule has 120 valence electrons. The number of hydrogen-bond donors (Lipinski definition) is 0. The number of thiophene rings is 1. The Balaban J connectivity index is 1.78. The third kappa shape index (κ3) is 2.64. The Kier molecular flexibility index (Phi) is 3.92. The molecule has 3 heterocycles. The van der Waals surface area contributed by atoms with Crippen LogP contribution in [0, 0.1) is 12.3 Å². The molecular weight excluding hydrogens is 344 g/mol. The van der Waals surface area contributed by atoms with Gasteiger partial charge in [0.25, 0.3) is 5.56 Å². The molecule has 0 aliphatic carbocycles. The van der Waals surface area contributed by atoms with Crippen molar-refractivity contribution in [3.05, 3.63) is 45.6 Å². The Morgan fingerprint density at radius 3 is 3.08 bits per heavy atom. The lowest BCUT2D eigenvalue weighted by Gasteiger charge is -2.11. The lowest BCUT2D eigenvalue weighted by Crippen LogP contribution is -2.23. The van der Waals surface area contributed by atoms with E-state index >= 15 is 0 Å². The number of rotatable bonds is 4. The molecule has 1 aliphatic heterocycles. The summed E-state index contributed by atoms with van der Waals surface area (Å²) in [6.45, 7) is 0.633. The number of benzene rings is 1.